The molecule has 31 heavy (non-hydrogen) atoms. The molecular formula is C22H24FN3O5. The lowest BCUT2D eigenvalue weighted by molar-refractivity contribution is -0.142. The highest BCUT2D eigenvalue weighted by Crippen LogP contribution is 2.42. The fraction of sp³-hybridized carbons (Fsp3) is 0.364. The molecule has 2 N–H and O–H groups in total. The Morgan fingerprint density at radius 3 is 2.55 bits per heavy atom. The minimum absolute atomic E-state index is 0.0401. The van der Waals surface area contributed by atoms with E-state index in [1.807, 2.05) is 0 Å². The van der Waals surface area contributed by atoms with E-state index in [2.05, 4.69) is 10.4 Å². The van der Waals surface area contributed by atoms with Crippen molar-refractivity contribution < 1.29 is 23.7 Å². The van der Waals surface area contributed by atoms with E-state index in [1.165, 1.54) is 37.1 Å². The van der Waals surface area contributed by atoms with Gasteiger partial charge in [-0.3, -0.25) is 4.79 Å². The van der Waals surface area contributed by atoms with Crippen LogP contribution in [0.3, 0.4) is 0 Å². The second-order valence-corrected chi connectivity index (χ2v) is 7.60. The normalized spacial score (nSPS) is 19.6. The monoisotopic (exact) mass is 429 g/mol. The first-order valence-electron chi connectivity index (χ1n) is 9.77. The van der Waals surface area contributed by atoms with Crippen molar-refractivity contribution in [1.29, 1.82) is 0 Å². The number of methoxy groups -OCH3 is 2. The zero-order valence-electron chi connectivity index (χ0n) is 17.5. The molecule has 0 aliphatic carbocycles. The Kier molecular flexibility index (Phi) is 5.65. The summed E-state index contributed by atoms with van der Waals surface area (Å²) in [5.74, 6) is 0.306. The summed E-state index contributed by atoms with van der Waals surface area (Å²) in [7, 11) is 4.55. The summed E-state index contributed by atoms with van der Waals surface area (Å²) < 4.78 is 32.1. The van der Waals surface area contributed by atoms with Crippen molar-refractivity contribution in [1.82, 2.24) is 9.78 Å². The highest BCUT2D eigenvalue weighted by Gasteiger charge is 2.50. The maximum atomic E-state index is 14.1. The van der Waals surface area contributed by atoms with Gasteiger partial charge in [-0.2, -0.15) is 5.10 Å². The van der Waals surface area contributed by atoms with Gasteiger partial charge in [-0.25, -0.2) is 9.07 Å². The lowest BCUT2D eigenvalue weighted by Crippen LogP contribution is -2.60. The first kappa shape index (κ1) is 21.2. The number of hydrogen-bond donors (Lipinski definition) is 2. The molecule has 164 valence electrons. The Morgan fingerprint density at radius 2 is 1.87 bits per heavy atom. The molecule has 3 aromatic rings. The van der Waals surface area contributed by atoms with Gasteiger partial charge in [-0.1, -0.05) is 18.2 Å². The molecule has 0 spiro atoms. The number of ether oxygens (including phenoxy) is 3. The summed E-state index contributed by atoms with van der Waals surface area (Å²) in [5.41, 5.74) is -1.05. The van der Waals surface area contributed by atoms with E-state index < -0.39 is 23.6 Å². The van der Waals surface area contributed by atoms with Gasteiger partial charge in [0.2, 0.25) is 0 Å². The van der Waals surface area contributed by atoms with Gasteiger partial charge in [0.05, 0.1) is 24.6 Å². The Bertz CT molecular complexity index is 1160. The van der Waals surface area contributed by atoms with Crippen LogP contribution in [-0.2, 0) is 16.5 Å². The van der Waals surface area contributed by atoms with Crippen molar-refractivity contribution in [2.45, 2.75) is 17.7 Å². The van der Waals surface area contributed by atoms with Gasteiger partial charge < -0.3 is 24.6 Å². The zero-order valence-corrected chi connectivity index (χ0v) is 17.5. The van der Waals surface area contributed by atoms with Crippen molar-refractivity contribution in [3.63, 3.8) is 0 Å². The van der Waals surface area contributed by atoms with E-state index in [0.717, 1.165) is 0 Å². The van der Waals surface area contributed by atoms with Gasteiger partial charge in [0.1, 0.15) is 17.7 Å². The van der Waals surface area contributed by atoms with Crippen LogP contribution in [0.1, 0.15) is 11.6 Å². The quantitative estimate of drug-likeness (QED) is 0.619. The number of fused-ring (bicyclic) bond motifs is 2. The van der Waals surface area contributed by atoms with E-state index in [9.17, 15) is 14.3 Å². The van der Waals surface area contributed by atoms with Crippen molar-refractivity contribution in [3.8, 4) is 5.75 Å². The van der Waals surface area contributed by atoms with Crippen molar-refractivity contribution in [3.05, 3.63) is 64.2 Å². The predicted octanol–water partition coefficient (Wildman–Crippen LogP) is 2.01. The summed E-state index contributed by atoms with van der Waals surface area (Å²) in [5, 5.41) is 20.0. The minimum Gasteiger partial charge on any atom is -0.479 e. The minimum atomic E-state index is -1.23. The van der Waals surface area contributed by atoms with Crippen LogP contribution in [0, 0.1) is 5.82 Å². The van der Waals surface area contributed by atoms with E-state index in [0.29, 0.717) is 27.9 Å². The van der Waals surface area contributed by atoms with Crippen molar-refractivity contribution >= 4 is 16.6 Å². The van der Waals surface area contributed by atoms with E-state index in [1.54, 1.807) is 31.3 Å². The fourth-order valence-corrected chi connectivity index (χ4v) is 4.08. The molecule has 0 fully saturated rings. The highest BCUT2D eigenvalue weighted by atomic mass is 19.1. The average Bonchev–Trinajstić information content (AvgIpc) is 2.76. The number of aryl methyl sites for hydroxylation is 1. The molecule has 0 saturated carbocycles. The zero-order chi connectivity index (χ0) is 22.2. The van der Waals surface area contributed by atoms with Crippen LogP contribution in [0.15, 0.2) is 47.3 Å². The molecule has 0 bridgehead atoms. The number of aliphatic hydroxyl groups is 1. The first-order valence-corrected chi connectivity index (χ1v) is 9.77. The SMILES string of the molecule is COCC1(COC)Oc2ccc(F)cc2C(Nc2nn(C)c(=O)c3ccccc23)C1O. The number of halogens is 1. The summed E-state index contributed by atoms with van der Waals surface area (Å²) in [6.45, 7) is 0.0803. The van der Waals surface area contributed by atoms with Gasteiger partial charge in [0, 0.05) is 32.2 Å². The molecule has 0 amide bonds. The maximum absolute atomic E-state index is 14.1. The number of aromatic nitrogens is 2. The molecule has 2 aromatic carbocycles. The van der Waals surface area contributed by atoms with Gasteiger partial charge in [0.25, 0.3) is 5.56 Å². The summed E-state index contributed by atoms with van der Waals surface area (Å²) in [4.78, 5) is 12.5. The van der Waals surface area contributed by atoms with E-state index in [-0.39, 0.29) is 18.8 Å². The van der Waals surface area contributed by atoms with Gasteiger partial charge >= 0.3 is 0 Å². The third kappa shape index (κ3) is 3.65. The molecule has 2 heterocycles. The van der Waals surface area contributed by atoms with Crippen LogP contribution in [0.4, 0.5) is 10.2 Å². The van der Waals surface area contributed by atoms with Crippen molar-refractivity contribution in [2.24, 2.45) is 7.05 Å². The summed E-state index contributed by atoms with van der Waals surface area (Å²) in [6, 6.07) is 10.3. The smallest absolute Gasteiger partial charge is 0.274 e. The molecule has 2 unspecified atom stereocenters. The van der Waals surface area contributed by atoms with Crippen molar-refractivity contribution in [2.75, 3.05) is 32.8 Å². The average molecular weight is 429 g/mol. The standard InChI is InChI=1S/C22H24FN3O5/c1-26-21(28)15-7-5-4-6-14(15)20(25-26)24-18-16-10-13(23)8-9-17(16)31-22(11-29-2,12-30-3)19(18)27/h4-10,18-19,27H,11-12H2,1-3H3,(H,24,25). The number of rotatable bonds is 6. The first-order chi connectivity index (χ1) is 14.9. The third-order valence-electron chi connectivity index (χ3n) is 5.50. The molecule has 0 saturated heterocycles. The lowest BCUT2D eigenvalue weighted by Gasteiger charge is -2.45. The topological polar surface area (TPSA) is 94.8 Å². The second kappa shape index (κ2) is 8.26. The van der Waals surface area contributed by atoms with Crippen LogP contribution in [0.2, 0.25) is 0 Å². The molecule has 2 atom stereocenters. The molecule has 8 nitrogen and oxygen atoms in total. The number of nitrogens with one attached hydrogen (secondary N) is 1. The van der Waals surface area contributed by atoms with Crippen LogP contribution in [-0.4, -0.2) is 54.0 Å². The van der Waals surface area contributed by atoms with Gasteiger partial charge in [-0.15, -0.1) is 0 Å². The van der Waals surface area contributed by atoms with Crippen LogP contribution in [0.25, 0.3) is 10.8 Å². The number of hydrogen-bond acceptors (Lipinski definition) is 7. The van der Waals surface area contributed by atoms with E-state index >= 15 is 0 Å². The molecule has 1 aliphatic heterocycles. The largest absolute Gasteiger partial charge is 0.479 e. The number of aliphatic hydroxyl groups excluding tert-OH is 1. The number of benzene rings is 2. The van der Waals surface area contributed by atoms with Crippen LogP contribution < -0.4 is 15.6 Å². The number of anilines is 1. The Morgan fingerprint density at radius 1 is 1.19 bits per heavy atom. The van der Waals surface area contributed by atoms with Gasteiger partial charge in [-0.05, 0) is 24.3 Å². The molecule has 1 aromatic heterocycles. The summed E-state index contributed by atoms with van der Waals surface area (Å²) in [6.07, 6.45) is -1.18. The van der Waals surface area contributed by atoms with Gasteiger partial charge in [0.15, 0.2) is 11.4 Å². The predicted molar refractivity (Wildman–Crippen MR) is 113 cm³/mol. The molecule has 9 heteroatoms. The maximum Gasteiger partial charge on any atom is 0.274 e. The second-order valence-electron chi connectivity index (χ2n) is 7.60. The van der Waals surface area contributed by atoms with Crippen LogP contribution in [0.5, 0.6) is 5.75 Å². The molecule has 1 aliphatic rings. The third-order valence-corrected chi connectivity index (χ3v) is 5.50. The molecular weight excluding hydrogens is 405 g/mol. The van der Waals surface area contributed by atoms with E-state index in [4.69, 9.17) is 14.2 Å². The molecule has 0 radical (unpaired) electrons. The lowest BCUT2D eigenvalue weighted by atomic mass is 9.84. The molecule has 4 rings (SSSR count). The highest BCUT2D eigenvalue weighted by molar-refractivity contribution is 5.91. The number of nitrogens with zero attached hydrogens (tertiary/aromatic N) is 2. The Labute approximate surface area is 178 Å². The Hall–Kier alpha value is -3.01. The Balaban J connectivity index is 1.87. The fourth-order valence-electron chi connectivity index (χ4n) is 4.08. The summed E-state index contributed by atoms with van der Waals surface area (Å²) >= 11 is 0. The van der Waals surface area contributed by atoms with Crippen LogP contribution >= 0.6 is 0 Å².